The van der Waals surface area contributed by atoms with E-state index in [0.717, 1.165) is 16.2 Å². The fraction of sp³-hybridized carbons (Fsp3) is 0.250. The molecule has 27 heavy (non-hydrogen) atoms. The highest BCUT2D eigenvalue weighted by molar-refractivity contribution is 8.00. The van der Waals surface area contributed by atoms with Crippen LogP contribution in [0.4, 0.5) is 0 Å². The molecule has 0 bridgehead atoms. The standard InChI is InChI=1S/C20H21N3O3S/c1-13(2)27-17-7-5-4-6-16(17)20(24)21-12-18-22-19(23-26-18)14-8-10-15(25-3)11-9-14/h4-11,13H,12H2,1-3H3,(H,21,24). The van der Waals surface area contributed by atoms with E-state index >= 15 is 0 Å². The Morgan fingerprint density at radius 3 is 2.63 bits per heavy atom. The molecule has 0 fully saturated rings. The Bertz CT molecular complexity index is 907. The van der Waals surface area contributed by atoms with Gasteiger partial charge in [0.05, 0.1) is 19.2 Å². The van der Waals surface area contributed by atoms with Gasteiger partial charge in [0, 0.05) is 15.7 Å². The number of thioether (sulfide) groups is 1. The van der Waals surface area contributed by atoms with E-state index in [1.807, 2.05) is 48.5 Å². The largest absolute Gasteiger partial charge is 0.497 e. The van der Waals surface area contributed by atoms with Crippen LogP contribution in [-0.4, -0.2) is 28.4 Å². The maximum atomic E-state index is 12.5. The summed E-state index contributed by atoms with van der Waals surface area (Å²) in [6, 6.07) is 14.9. The van der Waals surface area contributed by atoms with E-state index in [2.05, 4.69) is 29.3 Å². The number of rotatable bonds is 7. The Balaban J connectivity index is 1.65. The van der Waals surface area contributed by atoms with Gasteiger partial charge in [-0.15, -0.1) is 11.8 Å². The normalized spacial score (nSPS) is 10.8. The van der Waals surface area contributed by atoms with Gasteiger partial charge in [0.1, 0.15) is 5.75 Å². The lowest BCUT2D eigenvalue weighted by molar-refractivity contribution is 0.0943. The van der Waals surface area contributed by atoms with Crippen molar-refractivity contribution in [3.63, 3.8) is 0 Å². The summed E-state index contributed by atoms with van der Waals surface area (Å²) in [4.78, 5) is 17.8. The summed E-state index contributed by atoms with van der Waals surface area (Å²) in [7, 11) is 1.61. The van der Waals surface area contributed by atoms with Crippen molar-refractivity contribution < 1.29 is 14.1 Å². The van der Waals surface area contributed by atoms with E-state index in [1.54, 1.807) is 18.9 Å². The van der Waals surface area contributed by atoms with Crippen LogP contribution in [0.25, 0.3) is 11.4 Å². The minimum Gasteiger partial charge on any atom is -0.497 e. The average molecular weight is 383 g/mol. The summed E-state index contributed by atoms with van der Waals surface area (Å²) < 4.78 is 10.4. The maximum Gasteiger partial charge on any atom is 0.252 e. The van der Waals surface area contributed by atoms with Crippen molar-refractivity contribution in [1.82, 2.24) is 15.5 Å². The number of carbonyl (C=O) groups is 1. The third-order valence-electron chi connectivity index (χ3n) is 3.71. The van der Waals surface area contributed by atoms with Crippen molar-refractivity contribution in [3.8, 4) is 17.1 Å². The van der Waals surface area contributed by atoms with Crippen molar-refractivity contribution in [1.29, 1.82) is 0 Å². The number of benzene rings is 2. The number of ether oxygens (including phenoxy) is 1. The Morgan fingerprint density at radius 2 is 1.93 bits per heavy atom. The second-order valence-electron chi connectivity index (χ2n) is 6.09. The van der Waals surface area contributed by atoms with Crippen molar-refractivity contribution in [2.45, 2.75) is 30.5 Å². The van der Waals surface area contributed by atoms with Crippen LogP contribution in [0.1, 0.15) is 30.1 Å². The first kappa shape index (κ1) is 19.0. The first-order valence-corrected chi connectivity index (χ1v) is 9.45. The molecule has 0 aliphatic rings. The lowest BCUT2D eigenvalue weighted by atomic mass is 10.2. The van der Waals surface area contributed by atoms with Crippen LogP contribution in [0.15, 0.2) is 57.9 Å². The number of methoxy groups -OCH3 is 1. The first-order valence-electron chi connectivity index (χ1n) is 8.57. The molecular weight excluding hydrogens is 362 g/mol. The lowest BCUT2D eigenvalue weighted by Crippen LogP contribution is -2.23. The van der Waals surface area contributed by atoms with Gasteiger partial charge in [0.15, 0.2) is 0 Å². The van der Waals surface area contributed by atoms with Gasteiger partial charge in [0.2, 0.25) is 11.7 Å². The van der Waals surface area contributed by atoms with Crippen molar-refractivity contribution in [2.75, 3.05) is 7.11 Å². The molecule has 0 saturated heterocycles. The summed E-state index contributed by atoms with van der Waals surface area (Å²) in [5.41, 5.74) is 1.46. The Labute approximate surface area is 162 Å². The molecule has 1 N–H and O–H groups in total. The van der Waals surface area contributed by atoms with Gasteiger partial charge in [-0.1, -0.05) is 31.1 Å². The Hall–Kier alpha value is -2.80. The molecule has 3 aromatic rings. The molecule has 3 rings (SSSR count). The Kier molecular flexibility index (Phi) is 6.13. The zero-order chi connectivity index (χ0) is 19.2. The zero-order valence-corrected chi connectivity index (χ0v) is 16.2. The number of carbonyl (C=O) groups excluding carboxylic acids is 1. The van der Waals surface area contributed by atoms with E-state index < -0.39 is 0 Å². The van der Waals surface area contributed by atoms with Crippen LogP contribution in [0.2, 0.25) is 0 Å². The van der Waals surface area contributed by atoms with Crippen LogP contribution < -0.4 is 10.1 Å². The fourth-order valence-corrected chi connectivity index (χ4v) is 3.40. The number of hydrogen-bond acceptors (Lipinski definition) is 6. The zero-order valence-electron chi connectivity index (χ0n) is 15.4. The van der Waals surface area contributed by atoms with Crippen LogP contribution >= 0.6 is 11.8 Å². The quantitative estimate of drug-likeness (QED) is 0.617. The minimum absolute atomic E-state index is 0.164. The molecule has 140 valence electrons. The van der Waals surface area contributed by atoms with E-state index in [-0.39, 0.29) is 12.5 Å². The SMILES string of the molecule is COc1ccc(-c2noc(CNC(=O)c3ccccc3SC(C)C)n2)cc1. The van der Waals surface area contributed by atoms with Gasteiger partial charge >= 0.3 is 0 Å². The van der Waals surface area contributed by atoms with Crippen LogP contribution in [0.5, 0.6) is 5.75 Å². The molecule has 0 aliphatic heterocycles. The Morgan fingerprint density at radius 1 is 1.19 bits per heavy atom. The molecule has 1 amide bonds. The predicted octanol–water partition coefficient (Wildman–Crippen LogP) is 4.18. The number of aromatic nitrogens is 2. The van der Waals surface area contributed by atoms with E-state index in [9.17, 15) is 4.79 Å². The van der Waals surface area contributed by atoms with Gasteiger partial charge in [0.25, 0.3) is 5.91 Å². The topological polar surface area (TPSA) is 77.3 Å². The molecular formula is C20H21N3O3S. The number of hydrogen-bond donors (Lipinski definition) is 1. The molecule has 0 unspecified atom stereocenters. The van der Waals surface area contributed by atoms with Crippen LogP contribution in [0, 0.1) is 0 Å². The third kappa shape index (κ3) is 4.89. The van der Waals surface area contributed by atoms with E-state index in [4.69, 9.17) is 9.26 Å². The van der Waals surface area contributed by atoms with Crippen LogP contribution in [-0.2, 0) is 6.54 Å². The van der Waals surface area contributed by atoms with Crippen molar-refractivity contribution in [3.05, 3.63) is 60.0 Å². The van der Waals surface area contributed by atoms with Gasteiger partial charge in [-0.25, -0.2) is 0 Å². The lowest BCUT2D eigenvalue weighted by Gasteiger charge is -2.10. The minimum atomic E-state index is -0.164. The number of nitrogens with one attached hydrogen (secondary N) is 1. The molecule has 7 heteroatoms. The molecule has 0 atom stereocenters. The summed E-state index contributed by atoms with van der Waals surface area (Å²) in [5.74, 6) is 1.41. The van der Waals surface area contributed by atoms with Gasteiger partial charge in [-0.2, -0.15) is 4.98 Å². The fourth-order valence-electron chi connectivity index (χ4n) is 2.45. The number of amides is 1. The predicted molar refractivity (Wildman–Crippen MR) is 105 cm³/mol. The van der Waals surface area contributed by atoms with Crippen molar-refractivity contribution in [2.24, 2.45) is 0 Å². The second kappa shape index (κ2) is 8.73. The highest BCUT2D eigenvalue weighted by Gasteiger charge is 2.14. The van der Waals surface area contributed by atoms with E-state index in [1.165, 1.54) is 0 Å². The molecule has 2 aromatic carbocycles. The first-order chi connectivity index (χ1) is 13.1. The number of nitrogens with zero attached hydrogens (tertiary/aromatic N) is 2. The summed E-state index contributed by atoms with van der Waals surface area (Å²) >= 11 is 1.66. The maximum absolute atomic E-state index is 12.5. The van der Waals surface area contributed by atoms with Crippen molar-refractivity contribution >= 4 is 17.7 Å². The smallest absolute Gasteiger partial charge is 0.252 e. The van der Waals surface area contributed by atoms with Gasteiger partial charge in [-0.05, 0) is 36.4 Å². The molecule has 0 spiro atoms. The van der Waals surface area contributed by atoms with E-state index in [0.29, 0.717) is 22.5 Å². The third-order valence-corrected chi connectivity index (χ3v) is 4.79. The average Bonchev–Trinajstić information content (AvgIpc) is 3.15. The monoisotopic (exact) mass is 383 g/mol. The van der Waals surface area contributed by atoms with Gasteiger partial charge < -0.3 is 14.6 Å². The summed E-state index contributed by atoms with van der Waals surface area (Å²) in [6.07, 6.45) is 0. The summed E-state index contributed by atoms with van der Waals surface area (Å²) in [6.45, 7) is 4.36. The molecule has 0 saturated carbocycles. The molecule has 6 nitrogen and oxygen atoms in total. The molecule has 1 heterocycles. The van der Waals surface area contributed by atoms with Crippen LogP contribution in [0.3, 0.4) is 0 Å². The summed E-state index contributed by atoms with van der Waals surface area (Å²) in [5, 5.41) is 7.20. The highest BCUT2D eigenvalue weighted by Crippen LogP contribution is 2.26. The highest BCUT2D eigenvalue weighted by atomic mass is 32.2. The second-order valence-corrected chi connectivity index (χ2v) is 7.70. The molecule has 0 radical (unpaired) electrons. The van der Waals surface area contributed by atoms with Gasteiger partial charge in [-0.3, -0.25) is 4.79 Å². The molecule has 0 aliphatic carbocycles. The molecule has 1 aromatic heterocycles.